The fourth-order valence-electron chi connectivity index (χ4n) is 3.74. The van der Waals surface area contributed by atoms with E-state index in [0.717, 1.165) is 22.4 Å². The maximum Gasteiger partial charge on any atom is 0.409 e. The zero-order chi connectivity index (χ0) is 27.9. The quantitative estimate of drug-likeness (QED) is 0.235. The minimum Gasteiger partial charge on any atom is -0.497 e. The van der Waals surface area contributed by atoms with Crippen LogP contribution in [0, 0.1) is 6.92 Å². The fourth-order valence-corrected chi connectivity index (χ4v) is 3.74. The Morgan fingerprint density at radius 3 is 2.13 bits per heavy atom. The molecule has 7 heteroatoms. The Kier molecular flexibility index (Phi) is 11.7. The van der Waals surface area contributed by atoms with Crippen molar-refractivity contribution in [3.05, 3.63) is 120 Å². The highest BCUT2D eigenvalue weighted by atomic mass is 16.5. The number of nitrogens with zero attached hydrogens (tertiary/aromatic N) is 2. The predicted octanol–water partition coefficient (Wildman–Crippen LogP) is 6.48. The van der Waals surface area contributed by atoms with E-state index >= 15 is 0 Å². The lowest BCUT2D eigenvalue weighted by molar-refractivity contribution is 0.121. The van der Waals surface area contributed by atoms with E-state index in [1.54, 1.807) is 31.5 Å². The number of pyridine rings is 1. The highest BCUT2D eigenvalue weighted by Crippen LogP contribution is 2.29. The maximum atomic E-state index is 12.3. The van der Waals surface area contributed by atoms with E-state index in [1.165, 1.54) is 12.7 Å². The van der Waals surface area contributed by atoms with Crippen molar-refractivity contribution < 1.29 is 23.7 Å². The molecular weight excluding hydrogens is 492 g/mol. The van der Waals surface area contributed by atoms with Gasteiger partial charge in [-0.3, -0.25) is 4.98 Å². The summed E-state index contributed by atoms with van der Waals surface area (Å²) >= 11 is 0. The van der Waals surface area contributed by atoms with Gasteiger partial charge in [0.1, 0.15) is 12.4 Å². The van der Waals surface area contributed by atoms with E-state index in [-0.39, 0.29) is 6.09 Å². The van der Waals surface area contributed by atoms with Gasteiger partial charge < -0.3 is 23.8 Å². The average Bonchev–Trinajstić information content (AvgIpc) is 2.99. The van der Waals surface area contributed by atoms with Crippen LogP contribution in [0.2, 0.25) is 0 Å². The van der Waals surface area contributed by atoms with Crippen LogP contribution in [0.5, 0.6) is 17.2 Å². The van der Waals surface area contributed by atoms with E-state index < -0.39 is 0 Å². The summed E-state index contributed by atoms with van der Waals surface area (Å²) < 4.78 is 21.3. The standard InChI is InChI=1S/C24H26N2O4.C8H10O/c1-28-23-16-21(8-9-22(23)30-18-20-6-4-3-5-7-20)17-26(24(27)29-2)15-12-19-10-13-25-14-11-19;1-7-3-5-8(9-2)6-4-7/h3-11,13-14,16H,12,15,17-18H2,1-2H3;3-6H,1-2H3. The van der Waals surface area contributed by atoms with E-state index in [9.17, 15) is 4.79 Å². The molecule has 0 N–H and O–H groups in total. The van der Waals surface area contributed by atoms with Crippen molar-refractivity contribution in [2.75, 3.05) is 27.9 Å². The lowest BCUT2D eigenvalue weighted by Crippen LogP contribution is -2.32. The first-order chi connectivity index (χ1) is 19.0. The number of carbonyl (C=O) groups is 1. The first-order valence-corrected chi connectivity index (χ1v) is 12.7. The number of aromatic nitrogens is 1. The molecule has 1 heterocycles. The summed E-state index contributed by atoms with van der Waals surface area (Å²) in [5, 5.41) is 0. The van der Waals surface area contributed by atoms with Gasteiger partial charge in [-0.25, -0.2) is 4.79 Å². The molecule has 204 valence electrons. The van der Waals surface area contributed by atoms with Crippen LogP contribution < -0.4 is 14.2 Å². The highest BCUT2D eigenvalue weighted by molar-refractivity contribution is 5.67. The second kappa shape index (κ2) is 15.7. The van der Waals surface area contributed by atoms with E-state index in [4.69, 9.17) is 18.9 Å². The Balaban J connectivity index is 0.000000395. The topological polar surface area (TPSA) is 70.1 Å². The van der Waals surface area contributed by atoms with Gasteiger partial charge in [0.25, 0.3) is 0 Å². The van der Waals surface area contributed by atoms with Crippen molar-refractivity contribution in [3.63, 3.8) is 0 Å². The number of ether oxygens (including phenoxy) is 4. The molecule has 0 atom stereocenters. The molecule has 0 spiro atoms. The van der Waals surface area contributed by atoms with Gasteiger partial charge in [0.15, 0.2) is 11.5 Å². The Morgan fingerprint density at radius 2 is 1.49 bits per heavy atom. The van der Waals surface area contributed by atoms with E-state index in [2.05, 4.69) is 11.9 Å². The average molecular weight is 529 g/mol. The number of carbonyl (C=O) groups excluding carboxylic acids is 1. The number of hydrogen-bond acceptors (Lipinski definition) is 6. The summed E-state index contributed by atoms with van der Waals surface area (Å²) in [6.45, 7) is 3.45. The second-order valence-electron chi connectivity index (χ2n) is 8.77. The molecule has 1 aromatic heterocycles. The molecule has 0 saturated heterocycles. The van der Waals surface area contributed by atoms with Gasteiger partial charge >= 0.3 is 6.09 Å². The summed E-state index contributed by atoms with van der Waals surface area (Å²) in [5.74, 6) is 2.20. The number of benzene rings is 3. The van der Waals surface area contributed by atoms with E-state index in [0.29, 0.717) is 37.6 Å². The number of amides is 1. The lowest BCUT2D eigenvalue weighted by Gasteiger charge is -2.22. The van der Waals surface area contributed by atoms with Crippen molar-refractivity contribution in [2.45, 2.75) is 26.5 Å². The summed E-state index contributed by atoms with van der Waals surface area (Å²) in [6.07, 6.45) is 3.84. The molecule has 3 aromatic carbocycles. The van der Waals surface area contributed by atoms with Crippen molar-refractivity contribution in [1.29, 1.82) is 0 Å². The number of hydrogen-bond donors (Lipinski definition) is 0. The summed E-state index contributed by atoms with van der Waals surface area (Å²) in [5.41, 5.74) is 4.38. The van der Waals surface area contributed by atoms with Gasteiger partial charge in [0, 0.05) is 25.5 Å². The van der Waals surface area contributed by atoms with Gasteiger partial charge in [0.05, 0.1) is 21.3 Å². The molecule has 0 saturated carbocycles. The second-order valence-corrected chi connectivity index (χ2v) is 8.77. The minimum atomic E-state index is -0.368. The van der Waals surface area contributed by atoms with Gasteiger partial charge in [-0.15, -0.1) is 0 Å². The molecule has 7 nitrogen and oxygen atoms in total. The molecule has 0 aliphatic carbocycles. The Hall–Kier alpha value is -4.52. The predicted molar refractivity (Wildman–Crippen MR) is 152 cm³/mol. The molecular formula is C32H36N2O5. The van der Waals surface area contributed by atoms with Crippen molar-refractivity contribution in [1.82, 2.24) is 9.88 Å². The number of aryl methyl sites for hydroxylation is 1. The fraction of sp³-hybridized carbons (Fsp3) is 0.250. The third kappa shape index (κ3) is 9.70. The highest BCUT2D eigenvalue weighted by Gasteiger charge is 2.16. The van der Waals surface area contributed by atoms with Gasteiger partial charge in [-0.2, -0.15) is 0 Å². The van der Waals surface area contributed by atoms with Gasteiger partial charge in [-0.1, -0.05) is 54.1 Å². The normalized spacial score (nSPS) is 10.1. The third-order valence-electron chi connectivity index (χ3n) is 5.95. The molecule has 0 aliphatic rings. The number of rotatable bonds is 10. The molecule has 4 rings (SSSR count). The zero-order valence-electron chi connectivity index (χ0n) is 23.0. The first kappa shape index (κ1) is 29.0. The van der Waals surface area contributed by atoms with Crippen LogP contribution in [0.25, 0.3) is 0 Å². The van der Waals surface area contributed by atoms with Gasteiger partial charge in [-0.05, 0) is 66.4 Å². The molecule has 0 fully saturated rings. The van der Waals surface area contributed by atoms with Crippen LogP contribution >= 0.6 is 0 Å². The summed E-state index contributed by atoms with van der Waals surface area (Å²) in [6, 6.07) is 27.5. The smallest absolute Gasteiger partial charge is 0.409 e. The lowest BCUT2D eigenvalue weighted by atomic mass is 10.1. The Morgan fingerprint density at radius 1 is 0.769 bits per heavy atom. The molecule has 0 aliphatic heterocycles. The maximum absolute atomic E-state index is 12.3. The Bertz CT molecular complexity index is 1270. The third-order valence-corrected chi connectivity index (χ3v) is 5.95. The molecule has 0 bridgehead atoms. The first-order valence-electron chi connectivity index (χ1n) is 12.7. The van der Waals surface area contributed by atoms with Crippen LogP contribution in [0.15, 0.2) is 97.3 Å². The van der Waals surface area contributed by atoms with Crippen molar-refractivity contribution in [3.8, 4) is 17.2 Å². The van der Waals surface area contributed by atoms with E-state index in [1.807, 2.05) is 84.9 Å². The minimum absolute atomic E-state index is 0.368. The Labute approximate surface area is 230 Å². The summed E-state index contributed by atoms with van der Waals surface area (Å²) in [7, 11) is 4.67. The van der Waals surface area contributed by atoms with Crippen LogP contribution in [-0.2, 0) is 24.3 Å². The van der Waals surface area contributed by atoms with Crippen LogP contribution in [0.3, 0.4) is 0 Å². The van der Waals surface area contributed by atoms with Gasteiger partial charge in [0.2, 0.25) is 0 Å². The van der Waals surface area contributed by atoms with Crippen molar-refractivity contribution in [2.24, 2.45) is 0 Å². The zero-order valence-corrected chi connectivity index (χ0v) is 23.0. The van der Waals surface area contributed by atoms with Crippen LogP contribution in [0.4, 0.5) is 4.79 Å². The molecule has 0 unspecified atom stereocenters. The molecule has 0 radical (unpaired) electrons. The monoisotopic (exact) mass is 528 g/mol. The molecule has 39 heavy (non-hydrogen) atoms. The van der Waals surface area contributed by atoms with Crippen molar-refractivity contribution >= 4 is 6.09 Å². The summed E-state index contributed by atoms with van der Waals surface area (Å²) in [4.78, 5) is 17.9. The molecule has 1 amide bonds. The molecule has 4 aromatic rings. The SMILES string of the molecule is COC(=O)N(CCc1ccncc1)Cc1ccc(OCc2ccccc2)c(OC)c1.COc1ccc(C)cc1. The van der Waals surface area contributed by atoms with Crippen LogP contribution in [0.1, 0.15) is 22.3 Å². The van der Waals surface area contributed by atoms with Crippen LogP contribution in [-0.4, -0.2) is 43.9 Å². The largest absolute Gasteiger partial charge is 0.497 e. The number of methoxy groups -OCH3 is 3.